The van der Waals surface area contributed by atoms with Crippen LogP contribution in [0.25, 0.3) is 0 Å². The Hall–Kier alpha value is -1.22. The fraction of sp³-hybridized carbons (Fsp3) is 0.200. The van der Waals surface area contributed by atoms with Gasteiger partial charge in [-0.15, -0.1) is 0 Å². The van der Waals surface area contributed by atoms with Crippen molar-refractivity contribution in [3.8, 4) is 5.75 Å². The average Bonchev–Trinajstić information content (AvgIpc) is 2.16. The molecule has 0 aliphatic heterocycles. The highest BCUT2D eigenvalue weighted by molar-refractivity contribution is 6.25. The van der Waals surface area contributed by atoms with Gasteiger partial charge in [0.2, 0.25) is 0 Å². The summed E-state index contributed by atoms with van der Waals surface area (Å²) in [4.78, 5) is 0. The first-order valence-corrected chi connectivity index (χ1v) is 4.51. The van der Waals surface area contributed by atoms with Crippen LogP contribution in [0.4, 0.5) is 10.1 Å². The van der Waals surface area contributed by atoms with Crippen molar-refractivity contribution in [2.45, 2.75) is 6.92 Å². The lowest BCUT2D eigenvalue weighted by atomic mass is 10.3. The largest absolute Gasteiger partial charge is 0.484 e. The monoisotopic (exact) mass is 215 g/mol. The lowest BCUT2D eigenvalue weighted by molar-refractivity contribution is 0.334. The van der Waals surface area contributed by atoms with Crippen LogP contribution in [0, 0.1) is 5.82 Å². The summed E-state index contributed by atoms with van der Waals surface area (Å²) in [5.74, 6) is -0.391. The molecule has 0 saturated carbocycles. The van der Waals surface area contributed by atoms with E-state index in [0.29, 0.717) is 0 Å². The Bertz CT molecular complexity index is 332. The molecule has 0 radical (unpaired) electrons. The highest BCUT2D eigenvalue weighted by Gasteiger charge is 2.06. The Balaban J connectivity index is 2.76. The van der Waals surface area contributed by atoms with E-state index in [-0.39, 0.29) is 18.0 Å². The molecule has 76 valence electrons. The van der Waals surface area contributed by atoms with E-state index in [2.05, 4.69) is 0 Å². The average molecular weight is 216 g/mol. The molecule has 1 aromatic rings. The molecule has 2 nitrogen and oxygen atoms in total. The number of halogens is 2. The zero-order chi connectivity index (χ0) is 10.6. The van der Waals surface area contributed by atoms with Crippen LogP contribution in [-0.2, 0) is 0 Å². The van der Waals surface area contributed by atoms with Gasteiger partial charge in [0.15, 0.2) is 11.6 Å². The summed E-state index contributed by atoms with van der Waals surface area (Å²) in [6.45, 7) is 2.01. The lowest BCUT2D eigenvalue weighted by Gasteiger charge is -2.09. The first-order chi connectivity index (χ1) is 6.65. The summed E-state index contributed by atoms with van der Waals surface area (Å²) < 4.78 is 18.3. The molecule has 0 aliphatic rings. The molecular formula is C10H11ClFNO. The van der Waals surface area contributed by atoms with E-state index in [1.165, 1.54) is 17.7 Å². The van der Waals surface area contributed by atoms with Crippen molar-refractivity contribution in [3.63, 3.8) is 0 Å². The Labute approximate surface area is 87.1 Å². The molecule has 0 atom stereocenters. The smallest absolute Gasteiger partial charge is 0.178 e. The molecular weight excluding hydrogens is 205 g/mol. The van der Waals surface area contributed by atoms with Crippen LogP contribution in [-0.4, -0.2) is 6.61 Å². The van der Waals surface area contributed by atoms with Crippen LogP contribution in [0.15, 0.2) is 29.3 Å². The number of para-hydroxylation sites is 1. The van der Waals surface area contributed by atoms with Crippen molar-refractivity contribution >= 4 is 17.3 Å². The van der Waals surface area contributed by atoms with Gasteiger partial charge in [-0.3, -0.25) is 0 Å². The zero-order valence-corrected chi connectivity index (χ0v) is 8.51. The fourth-order valence-corrected chi connectivity index (χ4v) is 0.958. The van der Waals surface area contributed by atoms with E-state index in [9.17, 15) is 4.39 Å². The van der Waals surface area contributed by atoms with Crippen molar-refractivity contribution in [3.05, 3.63) is 35.1 Å². The Morgan fingerprint density at radius 2 is 2.36 bits per heavy atom. The third-order valence-corrected chi connectivity index (χ3v) is 2.00. The highest BCUT2D eigenvalue weighted by Crippen LogP contribution is 2.24. The van der Waals surface area contributed by atoms with Gasteiger partial charge in [0.05, 0.1) is 5.69 Å². The SMILES string of the molecule is C/C(=C/Cl)COc1c(N)cccc1F. The molecule has 0 saturated heterocycles. The minimum atomic E-state index is -0.465. The molecule has 0 aliphatic carbocycles. The third kappa shape index (κ3) is 2.64. The summed E-state index contributed by atoms with van der Waals surface area (Å²) in [5, 5.41) is 0. The topological polar surface area (TPSA) is 35.2 Å². The van der Waals surface area contributed by atoms with Crippen molar-refractivity contribution in [2.24, 2.45) is 0 Å². The van der Waals surface area contributed by atoms with Gasteiger partial charge in [0.25, 0.3) is 0 Å². The molecule has 0 heterocycles. The molecule has 4 heteroatoms. The first-order valence-electron chi connectivity index (χ1n) is 4.07. The normalized spacial score (nSPS) is 11.5. The Kier molecular flexibility index (Phi) is 3.77. The van der Waals surface area contributed by atoms with Crippen molar-refractivity contribution in [1.29, 1.82) is 0 Å². The molecule has 0 fully saturated rings. The number of ether oxygens (including phenoxy) is 1. The molecule has 14 heavy (non-hydrogen) atoms. The van der Waals surface area contributed by atoms with E-state index in [1.807, 2.05) is 0 Å². The molecule has 0 aromatic heterocycles. The van der Waals surface area contributed by atoms with E-state index in [4.69, 9.17) is 22.1 Å². The van der Waals surface area contributed by atoms with Gasteiger partial charge in [0, 0.05) is 5.54 Å². The maximum absolute atomic E-state index is 13.1. The second-order valence-electron chi connectivity index (χ2n) is 2.90. The number of hydrogen-bond acceptors (Lipinski definition) is 2. The summed E-state index contributed by atoms with van der Waals surface area (Å²) in [5.41, 5.74) is 8.00. The zero-order valence-electron chi connectivity index (χ0n) is 7.76. The van der Waals surface area contributed by atoms with Crippen molar-refractivity contribution < 1.29 is 9.13 Å². The van der Waals surface area contributed by atoms with Crippen LogP contribution in [0.1, 0.15) is 6.92 Å². The number of rotatable bonds is 3. The predicted molar refractivity (Wildman–Crippen MR) is 55.9 cm³/mol. The molecule has 0 unspecified atom stereocenters. The van der Waals surface area contributed by atoms with Crippen molar-refractivity contribution in [1.82, 2.24) is 0 Å². The van der Waals surface area contributed by atoms with Crippen LogP contribution in [0.3, 0.4) is 0 Å². The van der Waals surface area contributed by atoms with Gasteiger partial charge in [-0.25, -0.2) is 4.39 Å². The van der Waals surface area contributed by atoms with E-state index >= 15 is 0 Å². The second-order valence-corrected chi connectivity index (χ2v) is 3.12. The minimum Gasteiger partial charge on any atom is -0.484 e. The molecule has 1 aromatic carbocycles. The van der Waals surface area contributed by atoms with E-state index in [0.717, 1.165) is 5.57 Å². The van der Waals surface area contributed by atoms with E-state index in [1.54, 1.807) is 13.0 Å². The maximum atomic E-state index is 13.1. The summed E-state index contributed by atoms with van der Waals surface area (Å²) in [6.07, 6.45) is 0. The van der Waals surface area contributed by atoms with Crippen LogP contribution in [0.5, 0.6) is 5.75 Å². The Morgan fingerprint density at radius 1 is 1.64 bits per heavy atom. The number of hydrogen-bond donors (Lipinski definition) is 1. The fourth-order valence-electron chi connectivity index (χ4n) is 0.895. The van der Waals surface area contributed by atoms with Crippen molar-refractivity contribution in [2.75, 3.05) is 12.3 Å². The standard InChI is InChI=1S/C10H11ClFNO/c1-7(5-11)6-14-10-8(12)3-2-4-9(10)13/h2-5H,6,13H2,1H3/b7-5-. The summed E-state index contributed by atoms with van der Waals surface area (Å²) in [6, 6.07) is 4.41. The number of nitrogen functional groups attached to an aromatic ring is 1. The molecule has 1 rings (SSSR count). The molecule has 0 bridgehead atoms. The van der Waals surface area contributed by atoms with Gasteiger partial charge >= 0.3 is 0 Å². The molecule has 2 N–H and O–H groups in total. The van der Waals surface area contributed by atoms with Gasteiger partial charge in [-0.05, 0) is 24.6 Å². The highest BCUT2D eigenvalue weighted by atomic mass is 35.5. The minimum absolute atomic E-state index is 0.0744. The molecule has 0 amide bonds. The summed E-state index contributed by atoms with van der Waals surface area (Å²) in [7, 11) is 0. The predicted octanol–water partition coefficient (Wildman–Crippen LogP) is 2.93. The van der Waals surface area contributed by atoms with E-state index < -0.39 is 5.82 Å². The van der Waals surface area contributed by atoms with Gasteiger partial charge in [-0.1, -0.05) is 17.7 Å². The van der Waals surface area contributed by atoms with Gasteiger partial charge in [0.1, 0.15) is 6.61 Å². The van der Waals surface area contributed by atoms with Gasteiger partial charge in [-0.2, -0.15) is 0 Å². The quantitative estimate of drug-likeness (QED) is 0.787. The first kappa shape index (κ1) is 10.9. The Morgan fingerprint density at radius 3 is 2.93 bits per heavy atom. The van der Waals surface area contributed by atoms with Crippen LogP contribution < -0.4 is 10.5 Å². The molecule has 0 spiro atoms. The van der Waals surface area contributed by atoms with Crippen LogP contribution >= 0.6 is 11.6 Å². The number of benzene rings is 1. The number of anilines is 1. The number of nitrogens with two attached hydrogens (primary N) is 1. The van der Waals surface area contributed by atoms with Crippen LogP contribution in [0.2, 0.25) is 0 Å². The third-order valence-electron chi connectivity index (χ3n) is 1.63. The lowest BCUT2D eigenvalue weighted by Crippen LogP contribution is -2.03. The summed E-state index contributed by atoms with van der Waals surface area (Å²) >= 11 is 5.43. The second kappa shape index (κ2) is 4.86. The van der Waals surface area contributed by atoms with Gasteiger partial charge < -0.3 is 10.5 Å². The maximum Gasteiger partial charge on any atom is 0.178 e.